The Balaban J connectivity index is 1.45. The molecule has 0 bridgehead atoms. The van der Waals surface area contributed by atoms with Crippen LogP contribution in [0.15, 0.2) is 72.1 Å². The highest BCUT2D eigenvalue weighted by molar-refractivity contribution is 7.21. The number of nitriles is 1. The number of hydrogen-bond donors (Lipinski definition) is 1. The van der Waals surface area contributed by atoms with Crippen molar-refractivity contribution in [3.05, 3.63) is 93.1 Å². The van der Waals surface area contributed by atoms with E-state index in [1.54, 1.807) is 25.3 Å². The smallest absolute Gasteiger partial charge is 0.355 e. The van der Waals surface area contributed by atoms with Crippen LogP contribution in [0, 0.1) is 17.2 Å². The van der Waals surface area contributed by atoms with Crippen molar-refractivity contribution in [2.24, 2.45) is 11.7 Å². The summed E-state index contributed by atoms with van der Waals surface area (Å²) in [7, 11) is 1.57. The van der Waals surface area contributed by atoms with Crippen molar-refractivity contribution >= 4 is 39.0 Å². The Kier molecular flexibility index (Phi) is 7.88. The maximum absolute atomic E-state index is 13.0. The molecule has 1 unspecified atom stereocenters. The second kappa shape index (κ2) is 11.5. The van der Waals surface area contributed by atoms with Crippen LogP contribution in [0.4, 0.5) is 0 Å². The lowest BCUT2D eigenvalue weighted by molar-refractivity contribution is 0.0740. The minimum absolute atomic E-state index is 0.0211. The van der Waals surface area contributed by atoms with Gasteiger partial charge in [-0.2, -0.15) is 5.26 Å². The topological polar surface area (TPSA) is 104 Å². The van der Waals surface area contributed by atoms with E-state index >= 15 is 0 Å². The first-order chi connectivity index (χ1) is 19.3. The van der Waals surface area contributed by atoms with E-state index in [1.165, 1.54) is 11.3 Å². The lowest BCUT2D eigenvalue weighted by atomic mass is 9.83. The summed E-state index contributed by atoms with van der Waals surface area (Å²) in [6.07, 6.45) is 0.915. The van der Waals surface area contributed by atoms with E-state index in [-0.39, 0.29) is 17.2 Å². The largest absolute Gasteiger partial charge is 0.493 e. The summed E-state index contributed by atoms with van der Waals surface area (Å²) in [4.78, 5) is 13.3. The van der Waals surface area contributed by atoms with Gasteiger partial charge in [-0.15, -0.1) is 11.3 Å². The molecule has 0 radical (unpaired) electrons. The van der Waals surface area contributed by atoms with Crippen LogP contribution < -0.4 is 24.7 Å². The van der Waals surface area contributed by atoms with Crippen LogP contribution in [0.3, 0.4) is 0 Å². The standard InChI is InChI=1S/C31H27ClN2O5S/c1-17(2)12-13-37-23-11-8-18(14-25(23)36-3)27-20-10-9-19(15-24(20)39-30(34)22(27)16-33)38-31(35)29-28(32)21-6-4-5-7-26(21)40-29/h4-11,14-15,17,27H,12-13,34H2,1-3H3. The van der Waals surface area contributed by atoms with Crippen molar-refractivity contribution in [3.63, 3.8) is 0 Å². The normalized spacial score (nSPS) is 14.4. The summed E-state index contributed by atoms with van der Waals surface area (Å²) in [5.74, 6) is 1.22. The number of fused-ring (bicyclic) bond motifs is 2. The number of nitrogens with two attached hydrogens (primary N) is 1. The minimum atomic E-state index is -0.572. The maximum atomic E-state index is 13.0. The molecule has 1 aliphatic heterocycles. The van der Waals surface area contributed by atoms with Gasteiger partial charge >= 0.3 is 5.97 Å². The van der Waals surface area contributed by atoms with Gasteiger partial charge in [0.25, 0.3) is 0 Å². The number of methoxy groups -OCH3 is 1. The summed E-state index contributed by atoms with van der Waals surface area (Å²) in [6.45, 7) is 4.84. The zero-order valence-corrected chi connectivity index (χ0v) is 23.8. The number of carbonyl (C=O) groups is 1. The quantitative estimate of drug-likeness (QED) is 0.172. The fraction of sp³-hybridized carbons (Fsp3) is 0.226. The first-order valence-corrected chi connectivity index (χ1v) is 13.9. The molecule has 1 aliphatic rings. The molecule has 40 heavy (non-hydrogen) atoms. The number of esters is 1. The number of thiophene rings is 1. The van der Waals surface area contributed by atoms with Crippen molar-refractivity contribution < 1.29 is 23.7 Å². The fourth-order valence-electron chi connectivity index (χ4n) is 4.53. The molecule has 1 aromatic heterocycles. The molecule has 7 nitrogen and oxygen atoms in total. The van der Waals surface area contributed by atoms with Crippen molar-refractivity contribution in [1.29, 1.82) is 5.26 Å². The molecule has 0 fully saturated rings. The van der Waals surface area contributed by atoms with Crippen molar-refractivity contribution in [2.45, 2.75) is 26.2 Å². The molecule has 5 rings (SSSR count). The molecule has 0 saturated carbocycles. The molecule has 0 spiro atoms. The van der Waals surface area contributed by atoms with E-state index in [0.717, 1.165) is 22.1 Å². The Morgan fingerprint density at radius 3 is 2.67 bits per heavy atom. The van der Waals surface area contributed by atoms with Gasteiger partial charge in [0.05, 0.1) is 24.7 Å². The zero-order valence-electron chi connectivity index (χ0n) is 22.2. The van der Waals surface area contributed by atoms with Gasteiger partial charge in [0.1, 0.15) is 28.0 Å². The number of hydrogen-bond acceptors (Lipinski definition) is 8. The Hall–Kier alpha value is -4.19. The molecular formula is C31H27ClN2O5S. The number of allylic oxidation sites excluding steroid dienone is 1. The maximum Gasteiger partial charge on any atom is 0.355 e. The Morgan fingerprint density at radius 1 is 1.15 bits per heavy atom. The van der Waals surface area contributed by atoms with E-state index < -0.39 is 11.9 Å². The summed E-state index contributed by atoms with van der Waals surface area (Å²) in [6, 6.07) is 20.3. The molecule has 2 N–H and O–H groups in total. The third kappa shape index (κ3) is 5.31. The summed E-state index contributed by atoms with van der Waals surface area (Å²) < 4.78 is 23.9. The van der Waals surface area contributed by atoms with Crippen LogP contribution in [0.1, 0.15) is 47.0 Å². The van der Waals surface area contributed by atoms with Gasteiger partial charge in [-0.3, -0.25) is 0 Å². The predicted octanol–water partition coefficient (Wildman–Crippen LogP) is 7.43. The van der Waals surface area contributed by atoms with Gasteiger partial charge in [-0.1, -0.05) is 55.8 Å². The van der Waals surface area contributed by atoms with Crippen LogP contribution in [0.5, 0.6) is 23.0 Å². The van der Waals surface area contributed by atoms with E-state index in [2.05, 4.69) is 19.9 Å². The first-order valence-electron chi connectivity index (χ1n) is 12.7. The van der Waals surface area contributed by atoms with E-state index in [4.69, 9.17) is 36.3 Å². The van der Waals surface area contributed by atoms with Gasteiger partial charge in [-0.05, 0) is 42.2 Å². The Labute approximate surface area is 241 Å². The third-order valence-electron chi connectivity index (χ3n) is 6.60. The third-order valence-corrected chi connectivity index (χ3v) is 8.25. The van der Waals surface area contributed by atoms with Gasteiger partial charge in [0, 0.05) is 21.7 Å². The highest BCUT2D eigenvalue weighted by Gasteiger charge is 2.32. The SMILES string of the molecule is COc1cc(C2C(C#N)=C(N)Oc3cc(OC(=O)c4sc5ccccc5c4Cl)ccc32)ccc1OCCC(C)C. The molecule has 4 aromatic rings. The van der Waals surface area contributed by atoms with Crippen molar-refractivity contribution in [1.82, 2.24) is 0 Å². The second-order valence-corrected chi connectivity index (χ2v) is 11.1. The minimum Gasteiger partial charge on any atom is -0.493 e. The number of ether oxygens (including phenoxy) is 4. The number of nitrogens with zero attached hydrogens (tertiary/aromatic N) is 1. The lowest BCUT2D eigenvalue weighted by Crippen LogP contribution is -2.21. The highest BCUT2D eigenvalue weighted by atomic mass is 35.5. The van der Waals surface area contributed by atoms with Crippen LogP contribution in [-0.4, -0.2) is 19.7 Å². The summed E-state index contributed by atoms with van der Waals surface area (Å²) in [5.41, 5.74) is 7.93. The van der Waals surface area contributed by atoms with Crippen LogP contribution in [0.2, 0.25) is 5.02 Å². The monoisotopic (exact) mass is 574 g/mol. The van der Waals surface area contributed by atoms with E-state index in [0.29, 0.717) is 45.2 Å². The first kappa shape index (κ1) is 27.4. The van der Waals surface area contributed by atoms with Crippen LogP contribution >= 0.6 is 22.9 Å². The number of rotatable bonds is 8. The number of halogens is 1. The van der Waals surface area contributed by atoms with E-state index in [9.17, 15) is 10.1 Å². The van der Waals surface area contributed by atoms with E-state index in [1.807, 2.05) is 42.5 Å². The molecule has 9 heteroatoms. The molecule has 204 valence electrons. The van der Waals surface area contributed by atoms with Crippen LogP contribution in [-0.2, 0) is 0 Å². The predicted molar refractivity (Wildman–Crippen MR) is 155 cm³/mol. The molecular weight excluding hydrogens is 548 g/mol. The van der Waals surface area contributed by atoms with Gasteiger partial charge in [-0.25, -0.2) is 4.79 Å². The van der Waals surface area contributed by atoms with Gasteiger partial charge in [0.15, 0.2) is 11.5 Å². The zero-order chi connectivity index (χ0) is 28.4. The molecule has 0 amide bonds. The Bertz CT molecular complexity index is 1670. The second-order valence-electron chi connectivity index (χ2n) is 9.70. The highest BCUT2D eigenvalue weighted by Crippen LogP contribution is 2.45. The van der Waals surface area contributed by atoms with Crippen LogP contribution in [0.25, 0.3) is 10.1 Å². The van der Waals surface area contributed by atoms with Gasteiger partial charge < -0.3 is 24.7 Å². The average Bonchev–Trinajstić information content (AvgIpc) is 3.28. The lowest BCUT2D eigenvalue weighted by Gasteiger charge is -2.27. The molecule has 0 aliphatic carbocycles. The number of carbonyl (C=O) groups excluding carboxylic acids is 1. The summed E-state index contributed by atoms with van der Waals surface area (Å²) in [5, 5.41) is 11.1. The molecule has 0 saturated heterocycles. The average molecular weight is 575 g/mol. The van der Waals surface area contributed by atoms with Crippen molar-refractivity contribution in [2.75, 3.05) is 13.7 Å². The van der Waals surface area contributed by atoms with Gasteiger partial charge in [0.2, 0.25) is 5.88 Å². The molecule has 2 heterocycles. The van der Waals surface area contributed by atoms with Crippen molar-refractivity contribution in [3.8, 4) is 29.1 Å². The molecule has 3 aromatic carbocycles. The molecule has 1 atom stereocenters. The summed E-state index contributed by atoms with van der Waals surface area (Å²) >= 11 is 7.73. The number of benzene rings is 3. The fourth-order valence-corrected chi connectivity index (χ4v) is 5.91. The Morgan fingerprint density at radius 2 is 1.95 bits per heavy atom.